The van der Waals surface area contributed by atoms with E-state index in [4.69, 9.17) is 0 Å². The monoisotopic (exact) mass is 379 g/mol. The zero-order chi connectivity index (χ0) is 19.9. The van der Waals surface area contributed by atoms with E-state index >= 15 is 0 Å². The number of hydrogen-bond donors (Lipinski definition) is 1. The lowest BCUT2D eigenvalue weighted by Crippen LogP contribution is -2.57. The number of benzene rings is 2. The van der Waals surface area contributed by atoms with Gasteiger partial charge in [0.1, 0.15) is 0 Å². The maximum absolute atomic E-state index is 12.6. The highest BCUT2D eigenvalue weighted by Gasteiger charge is 2.34. The Labute approximate surface area is 167 Å². The van der Waals surface area contributed by atoms with Gasteiger partial charge in [0.2, 0.25) is 11.8 Å². The zero-order valence-electron chi connectivity index (χ0n) is 16.7. The molecule has 1 heterocycles. The Bertz CT molecular complexity index is 739. The summed E-state index contributed by atoms with van der Waals surface area (Å²) in [5, 5.41) is 2.93. The number of nitrogens with one attached hydrogen (secondary N) is 1. The van der Waals surface area contributed by atoms with Crippen LogP contribution in [0.4, 0.5) is 0 Å². The van der Waals surface area contributed by atoms with Crippen LogP contribution in [-0.4, -0.2) is 60.9 Å². The van der Waals surface area contributed by atoms with Gasteiger partial charge in [0, 0.05) is 39.1 Å². The average molecular weight is 380 g/mol. The second kappa shape index (κ2) is 9.51. The number of rotatable bonds is 7. The summed E-state index contributed by atoms with van der Waals surface area (Å²) in [7, 11) is 1.78. The molecule has 0 saturated carbocycles. The fourth-order valence-corrected chi connectivity index (χ4v) is 3.71. The van der Waals surface area contributed by atoms with E-state index in [1.165, 1.54) is 11.1 Å². The highest BCUT2D eigenvalue weighted by atomic mass is 16.2. The van der Waals surface area contributed by atoms with Crippen LogP contribution in [0.25, 0.3) is 0 Å². The van der Waals surface area contributed by atoms with Crippen molar-refractivity contribution in [2.75, 3.05) is 33.2 Å². The third kappa shape index (κ3) is 4.78. The van der Waals surface area contributed by atoms with Gasteiger partial charge in [-0.3, -0.25) is 14.5 Å². The van der Waals surface area contributed by atoms with Crippen LogP contribution in [0.15, 0.2) is 60.7 Å². The van der Waals surface area contributed by atoms with Gasteiger partial charge in [-0.15, -0.1) is 0 Å². The average Bonchev–Trinajstić information content (AvgIpc) is 2.74. The van der Waals surface area contributed by atoms with Crippen molar-refractivity contribution in [3.63, 3.8) is 0 Å². The van der Waals surface area contributed by atoms with Gasteiger partial charge in [0.05, 0.1) is 12.5 Å². The van der Waals surface area contributed by atoms with Gasteiger partial charge in [-0.25, -0.2) is 0 Å². The molecule has 3 rings (SSSR count). The van der Waals surface area contributed by atoms with Crippen LogP contribution in [0.3, 0.4) is 0 Å². The quantitative estimate of drug-likeness (QED) is 0.804. The lowest BCUT2D eigenvalue weighted by molar-refractivity contribution is -0.138. The largest absolute Gasteiger partial charge is 0.353 e. The van der Waals surface area contributed by atoms with Gasteiger partial charge in [-0.05, 0) is 18.1 Å². The van der Waals surface area contributed by atoms with E-state index in [1.54, 1.807) is 11.9 Å². The number of hydrogen-bond acceptors (Lipinski definition) is 3. The van der Waals surface area contributed by atoms with Crippen molar-refractivity contribution in [1.82, 2.24) is 15.1 Å². The molecule has 1 aliphatic rings. The van der Waals surface area contributed by atoms with Crippen LogP contribution < -0.4 is 5.32 Å². The molecule has 0 radical (unpaired) electrons. The first-order valence-electron chi connectivity index (χ1n) is 9.95. The summed E-state index contributed by atoms with van der Waals surface area (Å²) < 4.78 is 0. The minimum absolute atomic E-state index is 0.00511. The number of nitrogens with zero attached hydrogens (tertiary/aromatic N) is 2. The Morgan fingerprint density at radius 2 is 1.68 bits per heavy atom. The molecule has 2 amide bonds. The first kappa shape index (κ1) is 20.1. The van der Waals surface area contributed by atoms with E-state index in [2.05, 4.69) is 34.5 Å². The van der Waals surface area contributed by atoms with Crippen molar-refractivity contribution in [3.05, 3.63) is 71.8 Å². The molecule has 2 aromatic rings. The maximum atomic E-state index is 12.6. The van der Waals surface area contributed by atoms with E-state index in [0.29, 0.717) is 19.6 Å². The van der Waals surface area contributed by atoms with Gasteiger partial charge in [-0.1, -0.05) is 60.7 Å². The molecular formula is C23H29N3O2. The summed E-state index contributed by atoms with van der Waals surface area (Å²) in [6, 6.07) is 20.3. The third-order valence-corrected chi connectivity index (χ3v) is 5.53. The molecule has 1 fully saturated rings. The van der Waals surface area contributed by atoms with Crippen LogP contribution in [0.2, 0.25) is 0 Å². The fraction of sp³-hybridized carbons (Fsp3) is 0.391. The van der Waals surface area contributed by atoms with E-state index in [0.717, 1.165) is 6.54 Å². The van der Waals surface area contributed by atoms with Gasteiger partial charge in [0.25, 0.3) is 0 Å². The standard InChI is InChI=1S/C23H29N3O2/c1-3-25(2)22(27)16-21-23(28)24-14-15-26(21)17-20(18-10-6-4-7-11-18)19-12-8-5-9-13-19/h4-13,20-21H,3,14-17H2,1-2H3,(H,24,28). The molecule has 28 heavy (non-hydrogen) atoms. The molecule has 5 heteroatoms. The zero-order valence-corrected chi connectivity index (χ0v) is 16.7. The predicted molar refractivity (Wildman–Crippen MR) is 111 cm³/mol. The SMILES string of the molecule is CCN(C)C(=O)CC1C(=O)NCCN1CC(c1ccccc1)c1ccccc1. The van der Waals surface area contributed by atoms with Crippen molar-refractivity contribution in [3.8, 4) is 0 Å². The number of amides is 2. The smallest absolute Gasteiger partial charge is 0.237 e. The van der Waals surface area contributed by atoms with Crippen molar-refractivity contribution in [1.29, 1.82) is 0 Å². The van der Waals surface area contributed by atoms with Gasteiger partial charge >= 0.3 is 0 Å². The van der Waals surface area contributed by atoms with E-state index < -0.39 is 6.04 Å². The molecular weight excluding hydrogens is 350 g/mol. The van der Waals surface area contributed by atoms with Crippen LogP contribution in [0.1, 0.15) is 30.4 Å². The predicted octanol–water partition coefficient (Wildman–Crippen LogP) is 2.49. The molecule has 0 spiro atoms. The van der Waals surface area contributed by atoms with Gasteiger partial charge in [0.15, 0.2) is 0 Å². The number of piperazine rings is 1. The maximum Gasteiger partial charge on any atom is 0.237 e. The van der Waals surface area contributed by atoms with E-state index in [-0.39, 0.29) is 24.2 Å². The molecule has 2 aromatic carbocycles. The van der Waals surface area contributed by atoms with E-state index in [9.17, 15) is 9.59 Å². The molecule has 148 valence electrons. The van der Waals surface area contributed by atoms with Gasteiger partial charge < -0.3 is 10.2 Å². The van der Waals surface area contributed by atoms with Crippen LogP contribution in [-0.2, 0) is 9.59 Å². The van der Waals surface area contributed by atoms with Crippen molar-refractivity contribution in [2.45, 2.75) is 25.3 Å². The minimum atomic E-state index is -0.426. The van der Waals surface area contributed by atoms with E-state index in [1.807, 2.05) is 43.3 Å². The van der Waals surface area contributed by atoms with Crippen LogP contribution in [0.5, 0.6) is 0 Å². The second-order valence-electron chi connectivity index (χ2n) is 7.29. The molecule has 5 nitrogen and oxygen atoms in total. The third-order valence-electron chi connectivity index (χ3n) is 5.53. The second-order valence-corrected chi connectivity index (χ2v) is 7.29. The first-order valence-corrected chi connectivity index (χ1v) is 9.95. The molecule has 1 N–H and O–H groups in total. The Morgan fingerprint density at radius 3 is 2.21 bits per heavy atom. The van der Waals surface area contributed by atoms with Crippen LogP contribution >= 0.6 is 0 Å². The van der Waals surface area contributed by atoms with Crippen LogP contribution in [0, 0.1) is 0 Å². The summed E-state index contributed by atoms with van der Waals surface area (Å²) in [4.78, 5) is 28.9. The molecule has 1 aliphatic heterocycles. The van der Waals surface area contributed by atoms with Crippen molar-refractivity contribution >= 4 is 11.8 Å². The summed E-state index contributed by atoms with van der Waals surface area (Å²) in [5.74, 6) is 0.101. The first-order chi connectivity index (χ1) is 13.6. The number of carbonyl (C=O) groups excluding carboxylic acids is 2. The summed E-state index contributed by atoms with van der Waals surface area (Å²) >= 11 is 0. The fourth-order valence-electron chi connectivity index (χ4n) is 3.71. The highest BCUT2D eigenvalue weighted by molar-refractivity contribution is 5.88. The Hall–Kier alpha value is -2.66. The summed E-state index contributed by atoms with van der Waals surface area (Å²) in [5.41, 5.74) is 2.44. The Morgan fingerprint density at radius 1 is 1.11 bits per heavy atom. The van der Waals surface area contributed by atoms with Gasteiger partial charge in [-0.2, -0.15) is 0 Å². The molecule has 0 bridgehead atoms. The molecule has 0 aliphatic carbocycles. The highest BCUT2D eigenvalue weighted by Crippen LogP contribution is 2.27. The van der Waals surface area contributed by atoms with Crippen molar-refractivity contribution in [2.24, 2.45) is 0 Å². The minimum Gasteiger partial charge on any atom is -0.353 e. The molecule has 1 saturated heterocycles. The Kier molecular flexibility index (Phi) is 6.82. The lowest BCUT2D eigenvalue weighted by atomic mass is 9.90. The normalized spacial score (nSPS) is 17.4. The number of carbonyl (C=O) groups is 2. The summed E-state index contributed by atoms with van der Waals surface area (Å²) in [6.45, 7) is 4.65. The molecule has 1 atom stereocenters. The van der Waals surface area contributed by atoms with Crippen molar-refractivity contribution < 1.29 is 9.59 Å². The lowest BCUT2D eigenvalue weighted by Gasteiger charge is -2.37. The molecule has 0 aromatic heterocycles. The summed E-state index contributed by atoms with van der Waals surface area (Å²) in [6.07, 6.45) is 0.215. The topological polar surface area (TPSA) is 52.7 Å². The Balaban J connectivity index is 1.85. The molecule has 1 unspecified atom stereocenters.